The van der Waals surface area contributed by atoms with Crippen molar-refractivity contribution in [2.24, 2.45) is 0 Å². The SMILES string of the molecule is CNC(C)c1ccnc(Sc2ccccc2C)c1. The predicted molar refractivity (Wildman–Crippen MR) is 77.0 cm³/mol. The summed E-state index contributed by atoms with van der Waals surface area (Å²) < 4.78 is 0. The highest BCUT2D eigenvalue weighted by Gasteiger charge is 2.06. The van der Waals surface area contributed by atoms with E-state index in [-0.39, 0.29) is 0 Å². The Morgan fingerprint density at radius 2 is 2.00 bits per heavy atom. The Balaban J connectivity index is 2.22. The monoisotopic (exact) mass is 258 g/mol. The van der Waals surface area contributed by atoms with Gasteiger partial charge in [0.2, 0.25) is 0 Å². The number of hydrogen-bond donors (Lipinski definition) is 1. The molecule has 1 unspecified atom stereocenters. The van der Waals surface area contributed by atoms with Gasteiger partial charge in [0.25, 0.3) is 0 Å². The van der Waals surface area contributed by atoms with E-state index >= 15 is 0 Å². The fourth-order valence-electron chi connectivity index (χ4n) is 1.70. The second-order valence-corrected chi connectivity index (χ2v) is 5.37. The third-order valence-electron chi connectivity index (χ3n) is 3.00. The summed E-state index contributed by atoms with van der Waals surface area (Å²) in [6.07, 6.45) is 1.88. The number of rotatable bonds is 4. The first-order chi connectivity index (χ1) is 8.70. The molecule has 1 atom stereocenters. The lowest BCUT2D eigenvalue weighted by Gasteiger charge is -2.11. The van der Waals surface area contributed by atoms with Gasteiger partial charge in [-0.15, -0.1) is 0 Å². The van der Waals surface area contributed by atoms with E-state index in [1.807, 2.05) is 13.2 Å². The van der Waals surface area contributed by atoms with Gasteiger partial charge in [-0.25, -0.2) is 4.98 Å². The first-order valence-corrected chi connectivity index (χ1v) is 6.89. The van der Waals surface area contributed by atoms with Crippen LogP contribution < -0.4 is 5.32 Å². The Kier molecular flexibility index (Phi) is 4.39. The third-order valence-corrected chi connectivity index (χ3v) is 4.11. The highest BCUT2D eigenvalue weighted by molar-refractivity contribution is 7.99. The van der Waals surface area contributed by atoms with Gasteiger partial charge in [0.15, 0.2) is 0 Å². The van der Waals surface area contributed by atoms with Crippen LogP contribution in [0.25, 0.3) is 0 Å². The molecule has 0 spiro atoms. The average Bonchev–Trinajstić information content (AvgIpc) is 2.41. The average molecular weight is 258 g/mol. The molecule has 0 fully saturated rings. The minimum atomic E-state index is 0.351. The van der Waals surface area contributed by atoms with Crippen LogP contribution in [0, 0.1) is 6.92 Å². The highest BCUT2D eigenvalue weighted by Crippen LogP contribution is 2.29. The van der Waals surface area contributed by atoms with E-state index in [2.05, 4.69) is 60.5 Å². The minimum absolute atomic E-state index is 0.351. The van der Waals surface area contributed by atoms with E-state index in [1.165, 1.54) is 16.0 Å². The van der Waals surface area contributed by atoms with Gasteiger partial charge in [-0.2, -0.15) is 0 Å². The number of hydrogen-bond acceptors (Lipinski definition) is 3. The van der Waals surface area contributed by atoms with Crippen molar-refractivity contribution < 1.29 is 0 Å². The summed E-state index contributed by atoms with van der Waals surface area (Å²) in [6.45, 7) is 4.28. The number of nitrogens with zero attached hydrogens (tertiary/aromatic N) is 1. The van der Waals surface area contributed by atoms with E-state index in [1.54, 1.807) is 11.8 Å². The zero-order valence-corrected chi connectivity index (χ0v) is 11.8. The normalized spacial score (nSPS) is 12.4. The number of benzene rings is 1. The molecular weight excluding hydrogens is 240 g/mol. The molecule has 0 saturated heterocycles. The van der Waals surface area contributed by atoms with E-state index in [0.29, 0.717) is 6.04 Å². The molecular formula is C15H18N2S. The maximum absolute atomic E-state index is 4.43. The second-order valence-electron chi connectivity index (χ2n) is 4.31. The van der Waals surface area contributed by atoms with Crippen LogP contribution in [0.5, 0.6) is 0 Å². The molecule has 0 saturated carbocycles. The molecule has 18 heavy (non-hydrogen) atoms. The molecule has 1 aromatic carbocycles. The van der Waals surface area contributed by atoms with Crippen LogP contribution in [0.4, 0.5) is 0 Å². The lowest BCUT2D eigenvalue weighted by atomic mass is 10.1. The lowest BCUT2D eigenvalue weighted by Crippen LogP contribution is -2.12. The zero-order valence-electron chi connectivity index (χ0n) is 11.0. The molecule has 0 bridgehead atoms. The fraction of sp³-hybridized carbons (Fsp3) is 0.267. The lowest BCUT2D eigenvalue weighted by molar-refractivity contribution is 0.649. The number of nitrogens with one attached hydrogen (secondary N) is 1. The summed E-state index contributed by atoms with van der Waals surface area (Å²) in [5.41, 5.74) is 2.56. The van der Waals surface area contributed by atoms with Gasteiger partial charge in [-0.05, 0) is 50.2 Å². The number of aromatic nitrogens is 1. The summed E-state index contributed by atoms with van der Waals surface area (Å²) >= 11 is 1.72. The Labute approximate surface area is 113 Å². The molecule has 2 aromatic rings. The molecule has 2 rings (SSSR count). The second kappa shape index (κ2) is 6.03. The largest absolute Gasteiger partial charge is 0.313 e. The van der Waals surface area contributed by atoms with Crippen molar-refractivity contribution in [3.8, 4) is 0 Å². The standard InChI is InChI=1S/C15H18N2S/c1-11-6-4-5-7-14(11)18-15-10-13(8-9-17-15)12(2)16-3/h4-10,12,16H,1-3H3. The maximum atomic E-state index is 4.43. The van der Waals surface area contributed by atoms with Gasteiger partial charge in [0.05, 0.1) is 0 Å². The quantitative estimate of drug-likeness (QED) is 0.902. The van der Waals surface area contributed by atoms with E-state index in [4.69, 9.17) is 0 Å². The third kappa shape index (κ3) is 3.12. The molecule has 0 aliphatic carbocycles. The van der Waals surface area contributed by atoms with Crippen LogP contribution in [0.3, 0.4) is 0 Å². The number of aryl methyl sites for hydroxylation is 1. The summed E-state index contributed by atoms with van der Waals surface area (Å²) in [6, 6.07) is 12.9. The van der Waals surface area contributed by atoms with Crippen molar-refractivity contribution in [2.45, 2.75) is 29.8 Å². The highest BCUT2D eigenvalue weighted by atomic mass is 32.2. The van der Waals surface area contributed by atoms with Crippen LogP contribution >= 0.6 is 11.8 Å². The number of pyridine rings is 1. The van der Waals surface area contributed by atoms with Crippen LogP contribution in [0.15, 0.2) is 52.5 Å². The van der Waals surface area contributed by atoms with Crippen LogP contribution in [-0.2, 0) is 0 Å². The van der Waals surface area contributed by atoms with Gasteiger partial charge in [0, 0.05) is 17.1 Å². The first kappa shape index (κ1) is 13.1. The van der Waals surface area contributed by atoms with Gasteiger partial charge < -0.3 is 5.32 Å². The summed E-state index contributed by atoms with van der Waals surface area (Å²) in [4.78, 5) is 5.69. The van der Waals surface area contributed by atoms with Crippen molar-refractivity contribution in [3.63, 3.8) is 0 Å². The Morgan fingerprint density at radius 1 is 1.22 bits per heavy atom. The van der Waals surface area contributed by atoms with Crippen LogP contribution in [-0.4, -0.2) is 12.0 Å². The van der Waals surface area contributed by atoms with Crippen molar-refractivity contribution >= 4 is 11.8 Å². The topological polar surface area (TPSA) is 24.9 Å². The Morgan fingerprint density at radius 3 is 2.72 bits per heavy atom. The van der Waals surface area contributed by atoms with Gasteiger partial charge in [0.1, 0.15) is 5.03 Å². The maximum Gasteiger partial charge on any atom is 0.101 e. The minimum Gasteiger partial charge on any atom is -0.313 e. The molecule has 2 nitrogen and oxygen atoms in total. The van der Waals surface area contributed by atoms with E-state index in [0.717, 1.165) is 5.03 Å². The summed E-state index contributed by atoms with van der Waals surface area (Å²) in [5, 5.41) is 4.29. The van der Waals surface area contributed by atoms with Crippen molar-refractivity contribution in [1.82, 2.24) is 10.3 Å². The van der Waals surface area contributed by atoms with Gasteiger partial charge in [-0.3, -0.25) is 0 Å². The molecule has 1 aromatic heterocycles. The first-order valence-electron chi connectivity index (χ1n) is 6.07. The van der Waals surface area contributed by atoms with Crippen molar-refractivity contribution in [2.75, 3.05) is 7.05 Å². The molecule has 94 valence electrons. The molecule has 0 aliphatic heterocycles. The molecule has 3 heteroatoms. The Hall–Kier alpha value is -1.32. The van der Waals surface area contributed by atoms with E-state index < -0.39 is 0 Å². The molecule has 1 N–H and O–H groups in total. The van der Waals surface area contributed by atoms with E-state index in [9.17, 15) is 0 Å². The zero-order chi connectivity index (χ0) is 13.0. The smallest absolute Gasteiger partial charge is 0.101 e. The molecule has 0 amide bonds. The Bertz CT molecular complexity index is 525. The van der Waals surface area contributed by atoms with Crippen LogP contribution in [0.2, 0.25) is 0 Å². The van der Waals surface area contributed by atoms with Gasteiger partial charge >= 0.3 is 0 Å². The summed E-state index contributed by atoms with van der Waals surface area (Å²) in [5.74, 6) is 0. The van der Waals surface area contributed by atoms with Gasteiger partial charge in [-0.1, -0.05) is 30.0 Å². The molecule has 1 heterocycles. The fourth-order valence-corrected chi connectivity index (χ4v) is 2.61. The van der Waals surface area contributed by atoms with Crippen LogP contribution in [0.1, 0.15) is 24.1 Å². The summed E-state index contributed by atoms with van der Waals surface area (Å²) in [7, 11) is 1.97. The van der Waals surface area contributed by atoms with Crippen molar-refractivity contribution in [3.05, 3.63) is 53.7 Å². The molecule has 0 radical (unpaired) electrons. The van der Waals surface area contributed by atoms with Crippen molar-refractivity contribution in [1.29, 1.82) is 0 Å². The molecule has 0 aliphatic rings. The predicted octanol–water partition coefficient (Wildman–Crippen LogP) is 3.82.